The van der Waals surface area contributed by atoms with Crippen LogP contribution < -0.4 is 5.73 Å². The van der Waals surface area contributed by atoms with Gasteiger partial charge < -0.3 is 20.4 Å². The molecule has 4 aromatic heterocycles. The van der Waals surface area contributed by atoms with Gasteiger partial charge in [0.25, 0.3) is 5.91 Å². The molecule has 7 rings (SSSR count). The first-order valence-electron chi connectivity index (χ1n) is 13.5. The van der Waals surface area contributed by atoms with E-state index in [1.165, 1.54) is 24.4 Å². The molecule has 1 amide bonds. The number of pyridine rings is 3. The first-order chi connectivity index (χ1) is 20.0. The van der Waals surface area contributed by atoms with Crippen LogP contribution in [0.1, 0.15) is 57.5 Å². The van der Waals surface area contributed by atoms with Gasteiger partial charge in [0.1, 0.15) is 23.1 Å². The Labute approximate surface area is 234 Å². The van der Waals surface area contributed by atoms with Crippen LogP contribution in [0.4, 0.5) is 14.6 Å². The lowest BCUT2D eigenvalue weighted by Gasteiger charge is -2.34. The van der Waals surface area contributed by atoms with E-state index in [0.29, 0.717) is 41.5 Å². The van der Waals surface area contributed by atoms with Crippen molar-refractivity contribution in [1.29, 1.82) is 0 Å². The SMILES string of the molecule is Nc1nc2cc(C(=O)N(Cc3ccc(-c4c(F)cccc4F)cn3)[C@@H]3CCCc4cccnc43)[nH]c2c2c1COC2. The number of hydrogen-bond acceptors (Lipinski definition) is 6. The van der Waals surface area contributed by atoms with E-state index < -0.39 is 11.6 Å². The van der Waals surface area contributed by atoms with Crippen LogP contribution in [-0.2, 0) is 30.9 Å². The number of aromatic amines is 1. The van der Waals surface area contributed by atoms with E-state index in [-0.39, 0.29) is 24.1 Å². The number of hydrogen-bond donors (Lipinski definition) is 2. The number of carbonyl (C=O) groups excluding carboxylic acids is 1. The summed E-state index contributed by atoms with van der Waals surface area (Å²) in [7, 11) is 0. The molecule has 3 N–H and O–H groups in total. The minimum Gasteiger partial charge on any atom is -0.383 e. The van der Waals surface area contributed by atoms with E-state index in [0.717, 1.165) is 47.2 Å². The van der Waals surface area contributed by atoms with Gasteiger partial charge in [-0.3, -0.25) is 14.8 Å². The molecular weight excluding hydrogens is 526 g/mol. The molecule has 0 unspecified atom stereocenters. The fourth-order valence-electron chi connectivity index (χ4n) is 5.94. The summed E-state index contributed by atoms with van der Waals surface area (Å²) in [6, 6.07) is 12.5. The number of aryl methyl sites for hydroxylation is 1. The number of nitrogens with zero attached hydrogens (tertiary/aromatic N) is 4. The Balaban J connectivity index is 1.27. The monoisotopic (exact) mass is 552 g/mol. The highest BCUT2D eigenvalue weighted by Crippen LogP contribution is 2.36. The molecule has 10 heteroatoms. The van der Waals surface area contributed by atoms with Crippen molar-refractivity contribution in [1.82, 2.24) is 24.8 Å². The van der Waals surface area contributed by atoms with Gasteiger partial charge >= 0.3 is 0 Å². The van der Waals surface area contributed by atoms with Crippen LogP contribution in [0.2, 0.25) is 0 Å². The van der Waals surface area contributed by atoms with Gasteiger partial charge in [0.15, 0.2) is 0 Å². The second kappa shape index (κ2) is 10.0. The maximum atomic E-state index is 14.4. The third-order valence-electron chi connectivity index (χ3n) is 7.95. The Hall–Kier alpha value is -4.70. The van der Waals surface area contributed by atoms with Crippen molar-refractivity contribution in [2.75, 3.05) is 5.73 Å². The number of nitrogens with two attached hydrogens (primary N) is 1. The molecule has 0 saturated carbocycles. The summed E-state index contributed by atoms with van der Waals surface area (Å²) < 4.78 is 34.3. The van der Waals surface area contributed by atoms with Crippen molar-refractivity contribution in [3.63, 3.8) is 0 Å². The van der Waals surface area contributed by atoms with Crippen molar-refractivity contribution in [2.24, 2.45) is 0 Å². The van der Waals surface area contributed by atoms with Crippen LogP contribution >= 0.6 is 0 Å². The molecule has 1 aliphatic carbocycles. The number of benzene rings is 1. The molecule has 5 aromatic rings. The Morgan fingerprint density at radius 1 is 1.07 bits per heavy atom. The quantitative estimate of drug-likeness (QED) is 0.292. The first kappa shape index (κ1) is 25.3. The zero-order valence-corrected chi connectivity index (χ0v) is 22.0. The standard InChI is InChI=1S/C31H26F2N6O2/c32-22-6-2-7-23(33)27(22)18-9-10-19(36-13-18)14-39(26-8-1-4-17-5-3-11-35-28(17)26)31(40)25-12-24-29(37-25)20-15-41-16-21(20)30(34)38-24/h2-3,5-7,9-13,26,37H,1,4,8,14-16H2,(H2,34,38)/t26-/m1/s1. The number of ether oxygens (including phenoxy) is 1. The molecule has 2 aliphatic rings. The predicted octanol–water partition coefficient (Wildman–Crippen LogP) is 5.63. The summed E-state index contributed by atoms with van der Waals surface area (Å²) in [5.41, 5.74) is 12.4. The summed E-state index contributed by atoms with van der Waals surface area (Å²) in [6.07, 6.45) is 5.72. The van der Waals surface area contributed by atoms with Gasteiger partial charge in [0.05, 0.1) is 53.8 Å². The average molecular weight is 553 g/mol. The molecule has 1 aromatic carbocycles. The van der Waals surface area contributed by atoms with Gasteiger partial charge in [0, 0.05) is 29.1 Å². The molecule has 0 saturated heterocycles. The summed E-state index contributed by atoms with van der Waals surface area (Å²) in [5, 5.41) is 0. The Morgan fingerprint density at radius 2 is 1.90 bits per heavy atom. The van der Waals surface area contributed by atoms with Crippen LogP contribution in [0.25, 0.3) is 22.2 Å². The van der Waals surface area contributed by atoms with Crippen LogP contribution in [0.3, 0.4) is 0 Å². The van der Waals surface area contributed by atoms with Crippen LogP contribution in [0.5, 0.6) is 0 Å². The van der Waals surface area contributed by atoms with E-state index in [1.54, 1.807) is 29.3 Å². The highest BCUT2D eigenvalue weighted by Gasteiger charge is 2.33. The van der Waals surface area contributed by atoms with E-state index >= 15 is 0 Å². The summed E-state index contributed by atoms with van der Waals surface area (Å²) in [5.74, 6) is -1.15. The highest BCUT2D eigenvalue weighted by molar-refractivity contribution is 5.98. The maximum Gasteiger partial charge on any atom is 0.271 e. The van der Waals surface area contributed by atoms with Gasteiger partial charge in [-0.15, -0.1) is 0 Å². The number of anilines is 1. The average Bonchev–Trinajstić information content (AvgIpc) is 3.64. The Morgan fingerprint density at radius 3 is 2.71 bits per heavy atom. The lowest BCUT2D eigenvalue weighted by molar-refractivity contribution is 0.0624. The number of amides is 1. The largest absolute Gasteiger partial charge is 0.383 e. The van der Waals surface area contributed by atoms with Gasteiger partial charge in [-0.05, 0) is 55.2 Å². The summed E-state index contributed by atoms with van der Waals surface area (Å²) >= 11 is 0. The number of H-pyrrole nitrogens is 1. The predicted molar refractivity (Wildman–Crippen MR) is 148 cm³/mol. The number of nitrogen functional groups attached to an aromatic ring is 1. The maximum absolute atomic E-state index is 14.4. The third-order valence-corrected chi connectivity index (χ3v) is 7.95. The number of rotatable bonds is 5. The fourth-order valence-corrected chi connectivity index (χ4v) is 5.94. The van der Waals surface area contributed by atoms with Crippen molar-refractivity contribution in [3.8, 4) is 11.1 Å². The van der Waals surface area contributed by atoms with E-state index in [1.807, 2.05) is 12.1 Å². The van der Waals surface area contributed by atoms with Gasteiger partial charge in [-0.1, -0.05) is 18.2 Å². The van der Waals surface area contributed by atoms with E-state index in [2.05, 4.69) is 19.9 Å². The van der Waals surface area contributed by atoms with Crippen molar-refractivity contribution >= 4 is 22.8 Å². The van der Waals surface area contributed by atoms with Crippen LogP contribution in [-0.4, -0.2) is 30.7 Å². The molecule has 0 fully saturated rings. The molecule has 0 bridgehead atoms. The van der Waals surface area contributed by atoms with Gasteiger partial charge in [-0.25, -0.2) is 13.8 Å². The van der Waals surface area contributed by atoms with Crippen molar-refractivity contribution in [2.45, 2.75) is 45.1 Å². The first-order valence-corrected chi connectivity index (χ1v) is 13.5. The number of halogens is 2. The Bertz CT molecular complexity index is 1780. The lowest BCUT2D eigenvalue weighted by atomic mass is 9.90. The van der Waals surface area contributed by atoms with Crippen LogP contribution in [0, 0.1) is 11.6 Å². The molecule has 41 heavy (non-hydrogen) atoms. The fraction of sp³-hybridized carbons (Fsp3) is 0.226. The zero-order valence-electron chi connectivity index (χ0n) is 22.0. The smallest absolute Gasteiger partial charge is 0.271 e. The molecule has 5 heterocycles. The van der Waals surface area contributed by atoms with Crippen LogP contribution in [0.15, 0.2) is 60.9 Å². The minimum absolute atomic E-state index is 0.133. The van der Waals surface area contributed by atoms with E-state index in [4.69, 9.17) is 10.5 Å². The second-order valence-corrected chi connectivity index (χ2v) is 10.4. The summed E-state index contributed by atoms with van der Waals surface area (Å²) in [4.78, 5) is 33.0. The minimum atomic E-state index is -0.661. The Kier molecular flexibility index (Phi) is 6.19. The van der Waals surface area contributed by atoms with Gasteiger partial charge in [-0.2, -0.15) is 0 Å². The topological polar surface area (TPSA) is 110 Å². The van der Waals surface area contributed by atoms with E-state index in [9.17, 15) is 13.6 Å². The number of nitrogens with one attached hydrogen (secondary N) is 1. The molecule has 206 valence electrons. The normalized spacial score (nSPS) is 16.0. The molecule has 1 atom stereocenters. The molecule has 0 radical (unpaired) electrons. The third kappa shape index (κ3) is 4.40. The molecule has 8 nitrogen and oxygen atoms in total. The number of fused-ring (bicyclic) bond motifs is 4. The highest BCUT2D eigenvalue weighted by atomic mass is 19.1. The molecule has 1 aliphatic heterocycles. The van der Waals surface area contributed by atoms with Crippen molar-refractivity contribution < 1.29 is 18.3 Å². The van der Waals surface area contributed by atoms with Crippen molar-refractivity contribution in [3.05, 3.63) is 106 Å². The lowest BCUT2D eigenvalue weighted by Crippen LogP contribution is -2.37. The zero-order chi connectivity index (χ0) is 28.1. The van der Waals surface area contributed by atoms with Gasteiger partial charge in [0.2, 0.25) is 0 Å². The molecule has 0 spiro atoms. The summed E-state index contributed by atoms with van der Waals surface area (Å²) in [6.45, 7) is 0.961. The number of carbonyl (C=O) groups is 1. The molecular formula is C31H26F2N6O2. The number of aromatic nitrogens is 4. The second-order valence-electron chi connectivity index (χ2n) is 10.4.